The van der Waals surface area contributed by atoms with Gasteiger partial charge in [-0.2, -0.15) is 0 Å². The van der Waals surface area contributed by atoms with E-state index in [1.807, 2.05) is 6.08 Å². The summed E-state index contributed by atoms with van der Waals surface area (Å²) in [4.78, 5) is 2.26. The molecule has 160 valence electrons. The number of fused-ring (bicyclic) bond motifs is 1. The van der Waals surface area contributed by atoms with Crippen LogP contribution in [0.4, 0.5) is 0 Å². The van der Waals surface area contributed by atoms with Crippen LogP contribution in [0, 0.1) is 0 Å². The molecular formula is C26H34ClNOSi. The van der Waals surface area contributed by atoms with Crippen LogP contribution in [0.1, 0.15) is 43.0 Å². The number of benzene rings is 2. The van der Waals surface area contributed by atoms with Gasteiger partial charge in [-0.05, 0) is 39.9 Å². The molecule has 0 heterocycles. The molecule has 1 aliphatic carbocycles. The number of halogens is 1. The molecule has 0 saturated carbocycles. The smallest absolute Gasteiger partial charge is 0.122 e. The highest BCUT2D eigenvalue weighted by Crippen LogP contribution is 2.45. The average molecular weight is 440 g/mol. The Morgan fingerprint density at radius 1 is 1.17 bits per heavy atom. The Balaban J connectivity index is 2.26. The molecule has 0 aromatic heterocycles. The summed E-state index contributed by atoms with van der Waals surface area (Å²) in [5.74, 6) is 0.992. The normalized spacial score (nSPS) is 16.1. The lowest BCUT2D eigenvalue weighted by atomic mass is 9.86. The van der Waals surface area contributed by atoms with E-state index in [9.17, 15) is 0 Å². The molecule has 4 heteroatoms. The van der Waals surface area contributed by atoms with E-state index >= 15 is 0 Å². The number of allylic oxidation sites excluding steroid dienone is 1. The summed E-state index contributed by atoms with van der Waals surface area (Å²) in [5, 5.41) is 2.05. The number of ether oxygens (including phenoxy) is 1. The Hall–Kier alpha value is -1.97. The van der Waals surface area contributed by atoms with Gasteiger partial charge in [-0.25, -0.2) is 0 Å². The van der Waals surface area contributed by atoms with Crippen molar-refractivity contribution in [1.82, 2.24) is 4.90 Å². The van der Waals surface area contributed by atoms with E-state index in [1.165, 1.54) is 22.0 Å². The van der Waals surface area contributed by atoms with Gasteiger partial charge in [0, 0.05) is 35.9 Å². The minimum absolute atomic E-state index is 0.0750. The summed E-state index contributed by atoms with van der Waals surface area (Å²) in [6.45, 7) is 15.9. The first-order valence-corrected chi connectivity index (χ1v) is 14.0. The lowest BCUT2D eigenvalue weighted by Gasteiger charge is -2.38. The van der Waals surface area contributed by atoms with Crippen LogP contribution in [0.2, 0.25) is 18.1 Å². The highest BCUT2D eigenvalue weighted by atomic mass is 35.5. The maximum absolute atomic E-state index is 6.70. The van der Waals surface area contributed by atoms with Crippen molar-refractivity contribution in [3.05, 3.63) is 76.5 Å². The Bertz CT molecular complexity index is 985. The number of hydrogen-bond acceptors (Lipinski definition) is 2. The zero-order valence-corrected chi connectivity index (χ0v) is 21.1. The lowest BCUT2D eigenvalue weighted by molar-refractivity contribution is 0.354. The van der Waals surface area contributed by atoms with E-state index in [0.717, 1.165) is 16.3 Å². The molecule has 0 N–H and O–H groups in total. The number of likely N-dealkylation sites (N-methyl/N-ethyl adjacent to an activating group) is 1. The second-order valence-electron chi connectivity index (χ2n) is 9.93. The maximum atomic E-state index is 6.70. The molecule has 0 spiro atoms. The van der Waals surface area contributed by atoms with Crippen LogP contribution in [-0.2, 0) is 5.41 Å². The molecule has 0 fully saturated rings. The maximum Gasteiger partial charge on any atom is 0.122 e. The Kier molecular flexibility index (Phi) is 6.27. The van der Waals surface area contributed by atoms with Crippen molar-refractivity contribution in [3.63, 3.8) is 0 Å². The molecular weight excluding hydrogens is 406 g/mol. The summed E-state index contributed by atoms with van der Waals surface area (Å²) in [6, 6.07) is 13.0. The zero-order valence-electron chi connectivity index (χ0n) is 19.3. The fourth-order valence-electron chi connectivity index (χ4n) is 4.54. The first kappa shape index (κ1) is 22.7. The topological polar surface area (TPSA) is 12.5 Å². The van der Waals surface area contributed by atoms with Crippen molar-refractivity contribution >= 4 is 30.9 Å². The fraction of sp³-hybridized carbons (Fsp3) is 0.385. The number of hydrogen-bond donors (Lipinski definition) is 0. The van der Waals surface area contributed by atoms with Crippen LogP contribution in [0.3, 0.4) is 0 Å². The third-order valence-electron chi connectivity index (χ3n) is 6.05. The number of rotatable bonds is 6. The molecule has 3 rings (SSSR count). The molecule has 0 aliphatic heterocycles. The van der Waals surface area contributed by atoms with E-state index in [0.29, 0.717) is 12.1 Å². The highest BCUT2D eigenvalue weighted by Gasteiger charge is 2.44. The second-order valence-corrected chi connectivity index (χ2v) is 14.9. The van der Waals surface area contributed by atoms with Gasteiger partial charge in [0.2, 0.25) is 0 Å². The van der Waals surface area contributed by atoms with E-state index in [-0.39, 0.29) is 5.41 Å². The van der Waals surface area contributed by atoms with Gasteiger partial charge in [0.15, 0.2) is 0 Å². The summed E-state index contributed by atoms with van der Waals surface area (Å²) >= 11 is 6.70. The van der Waals surface area contributed by atoms with Crippen molar-refractivity contribution in [3.8, 4) is 5.75 Å². The molecule has 2 aromatic rings. The monoisotopic (exact) mass is 439 g/mol. The van der Waals surface area contributed by atoms with Gasteiger partial charge in [0.1, 0.15) is 12.4 Å². The minimum Gasteiger partial charge on any atom is -0.489 e. The number of nitrogens with zero attached hydrogens (tertiary/aromatic N) is 1. The molecule has 2 nitrogen and oxygen atoms in total. The lowest BCUT2D eigenvalue weighted by Crippen LogP contribution is -2.50. The molecule has 0 bridgehead atoms. The van der Waals surface area contributed by atoms with Gasteiger partial charge >= 0.3 is 0 Å². The second kappa shape index (κ2) is 8.28. The van der Waals surface area contributed by atoms with Crippen molar-refractivity contribution < 1.29 is 4.74 Å². The molecule has 0 saturated heterocycles. The Morgan fingerprint density at radius 2 is 1.83 bits per heavy atom. The predicted octanol–water partition coefficient (Wildman–Crippen LogP) is 6.36. The largest absolute Gasteiger partial charge is 0.489 e. The summed E-state index contributed by atoms with van der Waals surface area (Å²) in [7, 11) is 2.17. The fourth-order valence-corrected chi connectivity index (χ4v) is 8.60. The van der Waals surface area contributed by atoms with Crippen molar-refractivity contribution in [2.45, 2.75) is 44.8 Å². The van der Waals surface area contributed by atoms with Crippen LogP contribution in [0.15, 0.2) is 54.8 Å². The van der Waals surface area contributed by atoms with Crippen LogP contribution < -0.4 is 9.92 Å². The predicted molar refractivity (Wildman–Crippen MR) is 134 cm³/mol. The third kappa shape index (κ3) is 4.10. The summed E-state index contributed by atoms with van der Waals surface area (Å²) in [6.07, 6.45) is 4.16. The Labute approximate surface area is 188 Å². The van der Waals surface area contributed by atoms with E-state index < -0.39 is 8.07 Å². The highest BCUT2D eigenvalue weighted by molar-refractivity contribution is 6.92. The van der Waals surface area contributed by atoms with Crippen molar-refractivity contribution in [2.75, 3.05) is 20.7 Å². The van der Waals surface area contributed by atoms with E-state index in [1.54, 1.807) is 0 Å². The van der Waals surface area contributed by atoms with Gasteiger partial charge in [-0.15, -0.1) is 0 Å². The SMILES string of the molecule is C=CCOc1c(C(C)(C)C)cc(Cl)cc1[Si](C)(C)C1C(N(C)C)=Cc2ccccc21. The summed E-state index contributed by atoms with van der Waals surface area (Å²) in [5.41, 5.74) is 5.51. The van der Waals surface area contributed by atoms with Crippen LogP contribution in [0.25, 0.3) is 6.08 Å². The Morgan fingerprint density at radius 3 is 2.43 bits per heavy atom. The van der Waals surface area contributed by atoms with Gasteiger partial charge in [-0.1, -0.05) is 82.4 Å². The molecule has 30 heavy (non-hydrogen) atoms. The molecule has 2 aromatic carbocycles. The standard InChI is InChI=1S/C26H34ClNOSi/c1-9-14-29-24-21(26(2,3)4)16-19(27)17-23(24)30(7,8)25-20-13-11-10-12-18(20)15-22(25)28(5)6/h9-13,15-17,25H,1,14H2,2-8H3. The zero-order chi connectivity index (χ0) is 22.3. The molecule has 0 radical (unpaired) electrons. The van der Waals surface area contributed by atoms with E-state index in [2.05, 4.69) is 102 Å². The van der Waals surface area contributed by atoms with Crippen LogP contribution in [-0.4, -0.2) is 33.7 Å². The quantitative estimate of drug-likeness (QED) is 0.383. The first-order valence-electron chi connectivity index (χ1n) is 10.5. The van der Waals surface area contributed by atoms with Gasteiger partial charge in [-0.3, -0.25) is 0 Å². The third-order valence-corrected chi connectivity index (χ3v) is 10.1. The minimum atomic E-state index is -2.11. The molecule has 0 amide bonds. The van der Waals surface area contributed by atoms with Crippen molar-refractivity contribution in [1.29, 1.82) is 0 Å². The van der Waals surface area contributed by atoms with Crippen LogP contribution in [0.5, 0.6) is 5.75 Å². The van der Waals surface area contributed by atoms with Gasteiger partial charge in [0.25, 0.3) is 0 Å². The first-order chi connectivity index (χ1) is 14.0. The summed E-state index contributed by atoms with van der Waals surface area (Å²) < 4.78 is 6.35. The van der Waals surface area contributed by atoms with Gasteiger partial charge < -0.3 is 9.64 Å². The van der Waals surface area contributed by atoms with E-state index in [4.69, 9.17) is 16.3 Å². The van der Waals surface area contributed by atoms with Gasteiger partial charge in [0.05, 0.1) is 8.07 Å². The molecule has 1 atom stereocenters. The average Bonchev–Trinajstić information content (AvgIpc) is 3.06. The molecule has 1 aliphatic rings. The van der Waals surface area contributed by atoms with Crippen molar-refractivity contribution in [2.24, 2.45) is 0 Å². The molecule has 1 unspecified atom stereocenters. The van der Waals surface area contributed by atoms with Crippen LogP contribution >= 0.6 is 11.6 Å².